The fourth-order valence-corrected chi connectivity index (χ4v) is 1.94. The van der Waals surface area contributed by atoms with E-state index in [1.807, 2.05) is 0 Å². The molecular weight excluding hydrogens is 309 g/mol. The van der Waals surface area contributed by atoms with E-state index in [2.05, 4.69) is 10.6 Å². The summed E-state index contributed by atoms with van der Waals surface area (Å²) >= 11 is 10.8. The highest BCUT2D eigenvalue weighted by molar-refractivity contribution is 7.80. The van der Waals surface area contributed by atoms with E-state index < -0.39 is 17.5 Å². The average molecular weight is 317 g/mol. The smallest absolute Gasteiger partial charge is 0.175 e. The van der Waals surface area contributed by atoms with Crippen LogP contribution in [-0.4, -0.2) is 5.11 Å². The summed E-state index contributed by atoms with van der Waals surface area (Å²) in [6, 6.07) is 6.65. The van der Waals surface area contributed by atoms with Crippen LogP contribution >= 0.6 is 23.8 Å². The van der Waals surface area contributed by atoms with E-state index in [0.29, 0.717) is 5.69 Å². The van der Waals surface area contributed by atoms with E-state index in [9.17, 15) is 13.2 Å². The topological polar surface area (TPSA) is 24.1 Å². The van der Waals surface area contributed by atoms with Crippen molar-refractivity contribution in [2.45, 2.75) is 0 Å². The minimum absolute atomic E-state index is 0.0727. The SMILES string of the molecule is Fc1cc(F)cc(NC(=S)Nc2ccc(F)cc2Cl)c1. The highest BCUT2D eigenvalue weighted by atomic mass is 35.5. The molecule has 104 valence electrons. The average Bonchev–Trinajstić information content (AvgIpc) is 2.31. The van der Waals surface area contributed by atoms with Crippen LogP contribution in [-0.2, 0) is 0 Å². The lowest BCUT2D eigenvalue weighted by Crippen LogP contribution is -2.19. The van der Waals surface area contributed by atoms with Gasteiger partial charge < -0.3 is 10.6 Å². The number of anilines is 2. The second-order valence-corrected chi connectivity index (χ2v) is 4.68. The van der Waals surface area contributed by atoms with Gasteiger partial charge in [0.25, 0.3) is 0 Å². The number of nitrogens with one attached hydrogen (secondary N) is 2. The van der Waals surface area contributed by atoms with E-state index in [1.54, 1.807) is 0 Å². The normalized spacial score (nSPS) is 10.2. The second-order valence-electron chi connectivity index (χ2n) is 3.86. The highest BCUT2D eigenvalue weighted by Crippen LogP contribution is 2.22. The van der Waals surface area contributed by atoms with Crippen LogP contribution in [0.5, 0.6) is 0 Å². The van der Waals surface area contributed by atoms with Gasteiger partial charge in [0.1, 0.15) is 17.5 Å². The molecule has 2 rings (SSSR count). The third kappa shape index (κ3) is 3.85. The maximum atomic E-state index is 13.0. The Morgan fingerprint density at radius 1 is 0.900 bits per heavy atom. The van der Waals surface area contributed by atoms with Crippen LogP contribution in [0.1, 0.15) is 0 Å². The summed E-state index contributed by atoms with van der Waals surface area (Å²) in [5.41, 5.74) is 0.528. The van der Waals surface area contributed by atoms with Crippen molar-refractivity contribution in [1.82, 2.24) is 0 Å². The summed E-state index contributed by atoms with van der Waals surface area (Å²) in [5, 5.41) is 5.51. The molecule has 0 heterocycles. The van der Waals surface area contributed by atoms with Crippen LogP contribution in [0.2, 0.25) is 5.02 Å². The van der Waals surface area contributed by atoms with Crippen LogP contribution in [0, 0.1) is 17.5 Å². The molecule has 20 heavy (non-hydrogen) atoms. The van der Waals surface area contributed by atoms with Crippen molar-refractivity contribution in [1.29, 1.82) is 0 Å². The number of halogens is 4. The van der Waals surface area contributed by atoms with Gasteiger partial charge in [-0.05, 0) is 42.5 Å². The number of hydrogen-bond donors (Lipinski definition) is 2. The maximum absolute atomic E-state index is 13.0. The van der Waals surface area contributed by atoms with E-state index >= 15 is 0 Å². The molecule has 0 radical (unpaired) electrons. The Kier molecular flexibility index (Phi) is 4.46. The van der Waals surface area contributed by atoms with Gasteiger partial charge in [0.2, 0.25) is 0 Å². The molecule has 0 saturated heterocycles. The van der Waals surface area contributed by atoms with Crippen LogP contribution in [0.25, 0.3) is 0 Å². The lowest BCUT2D eigenvalue weighted by Gasteiger charge is -2.12. The van der Waals surface area contributed by atoms with E-state index in [-0.39, 0.29) is 15.8 Å². The minimum Gasteiger partial charge on any atom is -0.332 e. The molecule has 2 aromatic carbocycles. The Hall–Kier alpha value is -1.79. The molecule has 0 aliphatic rings. The zero-order chi connectivity index (χ0) is 14.7. The third-order valence-corrected chi connectivity index (χ3v) is 2.82. The first kappa shape index (κ1) is 14.6. The molecule has 0 aromatic heterocycles. The Morgan fingerprint density at radius 3 is 2.15 bits per heavy atom. The lowest BCUT2D eigenvalue weighted by atomic mass is 10.3. The number of rotatable bonds is 2. The fourth-order valence-electron chi connectivity index (χ4n) is 1.50. The van der Waals surface area contributed by atoms with Gasteiger partial charge in [0, 0.05) is 11.8 Å². The van der Waals surface area contributed by atoms with Crippen molar-refractivity contribution in [2.24, 2.45) is 0 Å². The first-order valence-electron chi connectivity index (χ1n) is 5.43. The van der Waals surface area contributed by atoms with Gasteiger partial charge in [0.15, 0.2) is 5.11 Å². The molecule has 0 aliphatic heterocycles. The first-order valence-corrected chi connectivity index (χ1v) is 6.22. The monoisotopic (exact) mass is 316 g/mol. The number of hydrogen-bond acceptors (Lipinski definition) is 1. The van der Waals surface area contributed by atoms with Crippen molar-refractivity contribution in [3.63, 3.8) is 0 Å². The third-order valence-electron chi connectivity index (χ3n) is 2.30. The van der Waals surface area contributed by atoms with Crippen LogP contribution < -0.4 is 10.6 Å². The molecule has 0 atom stereocenters. The molecule has 0 amide bonds. The second kappa shape index (κ2) is 6.11. The Bertz CT molecular complexity index is 644. The number of thiocarbonyl (C=S) groups is 1. The van der Waals surface area contributed by atoms with Gasteiger partial charge in [-0.2, -0.15) is 0 Å². The van der Waals surface area contributed by atoms with E-state index in [0.717, 1.165) is 24.3 Å². The van der Waals surface area contributed by atoms with Crippen molar-refractivity contribution in [3.05, 3.63) is 58.9 Å². The van der Waals surface area contributed by atoms with Crippen LogP contribution in [0.4, 0.5) is 24.5 Å². The summed E-state index contributed by atoms with van der Waals surface area (Å²) in [6.45, 7) is 0. The molecule has 0 spiro atoms. The largest absolute Gasteiger partial charge is 0.332 e. The van der Waals surface area contributed by atoms with Gasteiger partial charge in [-0.25, -0.2) is 13.2 Å². The van der Waals surface area contributed by atoms with Crippen molar-refractivity contribution in [2.75, 3.05) is 10.6 Å². The molecule has 2 nitrogen and oxygen atoms in total. The summed E-state index contributed by atoms with van der Waals surface area (Å²) in [5.74, 6) is -1.93. The summed E-state index contributed by atoms with van der Waals surface area (Å²) in [6.07, 6.45) is 0. The Labute approximate surface area is 123 Å². The standard InChI is InChI=1S/C13H8ClF3N2S/c14-11-6-7(15)1-2-12(11)19-13(20)18-10-4-8(16)3-9(17)5-10/h1-6H,(H2,18,19,20). The Balaban J connectivity index is 2.09. The molecule has 7 heteroatoms. The quantitative estimate of drug-likeness (QED) is 0.794. The van der Waals surface area contributed by atoms with Gasteiger partial charge in [-0.3, -0.25) is 0 Å². The zero-order valence-electron chi connectivity index (χ0n) is 9.88. The Morgan fingerprint density at radius 2 is 1.55 bits per heavy atom. The summed E-state index contributed by atoms with van der Waals surface area (Å²) < 4.78 is 38.9. The van der Waals surface area contributed by atoms with Crippen LogP contribution in [0.3, 0.4) is 0 Å². The minimum atomic E-state index is -0.727. The molecule has 0 fully saturated rings. The summed E-state index contributed by atoms with van der Waals surface area (Å²) in [7, 11) is 0. The lowest BCUT2D eigenvalue weighted by molar-refractivity contribution is 0.584. The van der Waals surface area contributed by atoms with Crippen molar-refractivity contribution < 1.29 is 13.2 Å². The molecule has 0 saturated carbocycles. The van der Waals surface area contributed by atoms with Gasteiger partial charge in [0.05, 0.1) is 10.7 Å². The van der Waals surface area contributed by atoms with Gasteiger partial charge >= 0.3 is 0 Å². The predicted octanol–water partition coefficient (Wildman–Crippen LogP) is 4.57. The van der Waals surface area contributed by atoms with Gasteiger partial charge in [-0.15, -0.1) is 0 Å². The fraction of sp³-hybridized carbons (Fsp3) is 0. The zero-order valence-corrected chi connectivity index (χ0v) is 11.5. The van der Waals surface area contributed by atoms with Crippen molar-refractivity contribution in [3.8, 4) is 0 Å². The van der Waals surface area contributed by atoms with E-state index in [1.165, 1.54) is 12.1 Å². The predicted molar refractivity (Wildman–Crippen MR) is 77.6 cm³/mol. The van der Waals surface area contributed by atoms with Crippen LogP contribution in [0.15, 0.2) is 36.4 Å². The molecule has 2 aromatic rings. The molecule has 2 N–H and O–H groups in total. The van der Waals surface area contributed by atoms with Gasteiger partial charge in [-0.1, -0.05) is 11.6 Å². The number of benzene rings is 2. The highest BCUT2D eigenvalue weighted by Gasteiger charge is 2.06. The van der Waals surface area contributed by atoms with E-state index in [4.69, 9.17) is 23.8 Å². The molecule has 0 aliphatic carbocycles. The van der Waals surface area contributed by atoms with Crippen molar-refractivity contribution >= 4 is 40.3 Å². The molecule has 0 bridgehead atoms. The molecule has 0 unspecified atom stereocenters. The first-order chi connectivity index (χ1) is 9.44. The molecular formula is C13H8ClF3N2S. The maximum Gasteiger partial charge on any atom is 0.175 e. The summed E-state index contributed by atoms with van der Waals surface area (Å²) in [4.78, 5) is 0.